The van der Waals surface area contributed by atoms with Crippen LogP contribution in [0.3, 0.4) is 0 Å². The first kappa shape index (κ1) is 19.3. The smallest absolute Gasteiger partial charge is 0.337 e. The van der Waals surface area contributed by atoms with Gasteiger partial charge in [-0.15, -0.1) is 11.3 Å². The van der Waals surface area contributed by atoms with E-state index < -0.39 is 0 Å². The first-order valence-electron chi connectivity index (χ1n) is 8.43. The van der Waals surface area contributed by atoms with Crippen LogP contribution in [0.1, 0.15) is 31.2 Å². The van der Waals surface area contributed by atoms with Gasteiger partial charge in [0.15, 0.2) is 0 Å². The molecule has 0 saturated carbocycles. The molecule has 1 aromatic heterocycles. The van der Waals surface area contributed by atoms with Crippen LogP contribution >= 0.6 is 11.3 Å². The average Bonchev–Trinajstić information content (AvgIpc) is 3.28. The fourth-order valence-electron chi connectivity index (χ4n) is 2.30. The molecule has 28 heavy (non-hydrogen) atoms. The predicted octanol–water partition coefficient (Wildman–Crippen LogP) is 3.88. The third kappa shape index (κ3) is 5.28. The molecule has 0 fully saturated rings. The number of rotatable bonds is 7. The Morgan fingerprint density at radius 2 is 1.82 bits per heavy atom. The molecule has 1 amide bonds. The van der Waals surface area contributed by atoms with Gasteiger partial charge < -0.3 is 9.47 Å². The minimum absolute atomic E-state index is 0.232. The highest BCUT2D eigenvalue weighted by molar-refractivity contribution is 7.12. The molecule has 7 heteroatoms. The minimum Gasteiger partial charge on any atom is -0.489 e. The molecular weight excluding hydrogens is 376 g/mol. The van der Waals surface area contributed by atoms with Gasteiger partial charge in [0.2, 0.25) is 0 Å². The Bertz CT molecular complexity index is 949. The van der Waals surface area contributed by atoms with Gasteiger partial charge in [-0.1, -0.05) is 18.2 Å². The summed E-state index contributed by atoms with van der Waals surface area (Å²) in [6.07, 6.45) is 1.57. The summed E-state index contributed by atoms with van der Waals surface area (Å²) in [7, 11) is 1.35. The van der Waals surface area contributed by atoms with E-state index in [0.717, 1.165) is 11.1 Å². The number of esters is 1. The number of thiophene rings is 1. The Balaban J connectivity index is 1.49. The van der Waals surface area contributed by atoms with Crippen LogP contribution in [-0.4, -0.2) is 25.2 Å². The molecule has 2 aromatic carbocycles. The molecule has 0 radical (unpaired) electrons. The lowest BCUT2D eigenvalue weighted by atomic mass is 10.1. The number of amides is 1. The monoisotopic (exact) mass is 394 g/mol. The number of ether oxygens (including phenoxy) is 2. The van der Waals surface area contributed by atoms with E-state index in [-0.39, 0.29) is 11.9 Å². The molecule has 6 nitrogen and oxygen atoms in total. The lowest BCUT2D eigenvalue weighted by Gasteiger charge is -2.07. The summed E-state index contributed by atoms with van der Waals surface area (Å²) < 4.78 is 10.4. The topological polar surface area (TPSA) is 77.0 Å². The van der Waals surface area contributed by atoms with Crippen LogP contribution in [-0.2, 0) is 11.3 Å². The molecule has 1 heterocycles. The molecule has 0 atom stereocenters. The molecule has 0 aliphatic carbocycles. The normalized spacial score (nSPS) is 10.6. The van der Waals surface area contributed by atoms with E-state index >= 15 is 0 Å². The second-order valence-electron chi connectivity index (χ2n) is 5.72. The summed E-state index contributed by atoms with van der Waals surface area (Å²) >= 11 is 1.36. The minimum atomic E-state index is -0.365. The van der Waals surface area contributed by atoms with E-state index in [1.54, 1.807) is 24.4 Å². The SMILES string of the molecule is COC(=O)c1ccc(COc2ccc(/C=N\NC(=O)c3cccs3)cc2)cc1. The third-order valence-electron chi connectivity index (χ3n) is 3.79. The van der Waals surface area contributed by atoms with Gasteiger partial charge in [0.25, 0.3) is 5.91 Å². The molecule has 142 valence electrons. The van der Waals surface area contributed by atoms with Crippen LogP contribution in [0.15, 0.2) is 71.1 Å². The van der Waals surface area contributed by atoms with Crippen LogP contribution in [0.2, 0.25) is 0 Å². The summed E-state index contributed by atoms with van der Waals surface area (Å²) in [4.78, 5) is 23.8. The second-order valence-corrected chi connectivity index (χ2v) is 6.67. The zero-order valence-electron chi connectivity index (χ0n) is 15.1. The van der Waals surface area contributed by atoms with Gasteiger partial charge in [0, 0.05) is 0 Å². The van der Waals surface area contributed by atoms with Crippen molar-refractivity contribution < 1.29 is 19.1 Å². The summed E-state index contributed by atoms with van der Waals surface area (Å²) in [6.45, 7) is 0.381. The second kappa shape index (κ2) is 9.48. The largest absolute Gasteiger partial charge is 0.489 e. The Morgan fingerprint density at radius 3 is 2.46 bits per heavy atom. The van der Waals surface area contributed by atoms with Crippen LogP contribution < -0.4 is 10.2 Å². The van der Waals surface area contributed by atoms with Crippen molar-refractivity contribution in [3.05, 3.63) is 87.6 Å². The molecule has 3 rings (SSSR count). The Morgan fingerprint density at radius 1 is 1.07 bits per heavy atom. The molecule has 1 N–H and O–H groups in total. The van der Waals surface area contributed by atoms with E-state index in [2.05, 4.69) is 15.3 Å². The number of methoxy groups -OCH3 is 1. The maximum absolute atomic E-state index is 11.8. The van der Waals surface area contributed by atoms with E-state index in [1.165, 1.54) is 18.4 Å². The first-order chi connectivity index (χ1) is 13.7. The number of benzene rings is 2. The van der Waals surface area contributed by atoms with Crippen molar-refractivity contribution in [1.82, 2.24) is 5.43 Å². The summed E-state index contributed by atoms with van der Waals surface area (Å²) in [5.74, 6) is 0.109. The summed E-state index contributed by atoms with van der Waals surface area (Å²) in [5.41, 5.74) is 4.76. The van der Waals surface area contributed by atoms with E-state index in [0.29, 0.717) is 22.8 Å². The van der Waals surface area contributed by atoms with Gasteiger partial charge in [0.05, 0.1) is 23.8 Å². The van der Waals surface area contributed by atoms with Crippen LogP contribution in [0.5, 0.6) is 5.75 Å². The molecule has 0 saturated heterocycles. The number of carbonyl (C=O) groups is 2. The van der Waals surface area contributed by atoms with Gasteiger partial charge in [-0.25, -0.2) is 10.2 Å². The highest BCUT2D eigenvalue weighted by Crippen LogP contribution is 2.14. The maximum atomic E-state index is 11.8. The Labute approximate surface area is 166 Å². The number of nitrogens with one attached hydrogen (secondary N) is 1. The number of carbonyl (C=O) groups excluding carboxylic acids is 2. The molecule has 3 aromatic rings. The highest BCUT2D eigenvalue weighted by Gasteiger charge is 2.05. The van der Waals surface area contributed by atoms with Crippen molar-refractivity contribution in [2.24, 2.45) is 5.10 Å². The number of hydrogen-bond acceptors (Lipinski definition) is 6. The van der Waals surface area contributed by atoms with E-state index in [1.807, 2.05) is 47.8 Å². The molecule has 0 aliphatic rings. The third-order valence-corrected chi connectivity index (χ3v) is 4.65. The van der Waals surface area contributed by atoms with Crippen molar-refractivity contribution in [2.45, 2.75) is 6.61 Å². The molecule has 0 spiro atoms. The van der Waals surface area contributed by atoms with Gasteiger partial charge >= 0.3 is 5.97 Å². The quantitative estimate of drug-likeness (QED) is 0.375. The number of hydrazone groups is 1. The highest BCUT2D eigenvalue weighted by atomic mass is 32.1. The molecule has 0 unspecified atom stereocenters. The molecule has 0 bridgehead atoms. The van der Waals surface area contributed by atoms with Crippen molar-refractivity contribution >= 4 is 29.4 Å². The Hall–Kier alpha value is -3.45. The lowest BCUT2D eigenvalue weighted by Crippen LogP contribution is -2.16. The number of nitrogens with zero attached hydrogens (tertiary/aromatic N) is 1. The fourth-order valence-corrected chi connectivity index (χ4v) is 2.91. The van der Waals surface area contributed by atoms with Crippen molar-refractivity contribution in [3.8, 4) is 5.75 Å². The van der Waals surface area contributed by atoms with Crippen LogP contribution in [0.25, 0.3) is 0 Å². The molecule has 0 aliphatic heterocycles. The van der Waals surface area contributed by atoms with Gasteiger partial charge in [0.1, 0.15) is 12.4 Å². The van der Waals surface area contributed by atoms with Gasteiger partial charge in [-0.3, -0.25) is 4.79 Å². The predicted molar refractivity (Wildman–Crippen MR) is 108 cm³/mol. The van der Waals surface area contributed by atoms with Crippen molar-refractivity contribution in [1.29, 1.82) is 0 Å². The van der Waals surface area contributed by atoms with E-state index in [4.69, 9.17) is 4.74 Å². The van der Waals surface area contributed by atoms with Gasteiger partial charge in [-0.05, 0) is 59.0 Å². The van der Waals surface area contributed by atoms with Crippen LogP contribution in [0.4, 0.5) is 0 Å². The number of hydrogen-bond donors (Lipinski definition) is 1. The maximum Gasteiger partial charge on any atom is 0.337 e. The zero-order chi connectivity index (χ0) is 19.8. The standard InChI is InChI=1S/C21H18N2O4S/c1-26-21(25)17-8-4-16(5-9-17)14-27-18-10-6-15(7-11-18)13-22-23-20(24)19-3-2-12-28-19/h2-13H,14H2,1H3,(H,23,24)/b22-13-. The van der Waals surface area contributed by atoms with Crippen LogP contribution in [0, 0.1) is 0 Å². The fraction of sp³-hybridized carbons (Fsp3) is 0.0952. The zero-order valence-corrected chi connectivity index (χ0v) is 15.9. The summed E-state index contributed by atoms with van der Waals surface area (Å²) in [6, 6.07) is 17.9. The first-order valence-corrected chi connectivity index (χ1v) is 9.31. The Kier molecular flexibility index (Phi) is 6.54. The molecular formula is C21H18N2O4S. The average molecular weight is 394 g/mol. The van der Waals surface area contributed by atoms with Crippen molar-refractivity contribution in [3.63, 3.8) is 0 Å². The van der Waals surface area contributed by atoms with Crippen molar-refractivity contribution in [2.75, 3.05) is 7.11 Å². The lowest BCUT2D eigenvalue weighted by molar-refractivity contribution is 0.0600. The van der Waals surface area contributed by atoms with E-state index in [9.17, 15) is 9.59 Å². The summed E-state index contributed by atoms with van der Waals surface area (Å²) in [5, 5.41) is 5.79. The van der Waals surface area contributed by atoms with Gasteiger partial charge in [-0.2, -0.15) is 5.10 Å².